The normalized spacial score (nSPS) is 10.7. The SMILES string of the molecule is CCCOc1ccc(CCc2ccc(OC(F)F)cc2)cc1. The maximum absolute atomic E-state index is 12.1. The second-order valence-electron chi connectivity index (χ2n) is 5.01. The minimum absolute atomic E-state index is 0.191. The predicted octanol–water partition coefficient (Wildman–Crippen LogP) is 4.86. The molecule has 0 aliphatic carbocycles. The van der Waals surface area contributed by atoms with Crippen molar-refractivity contribution in [2.45, 2.75) is 32.8 Å². The van der Waals surface area contributed by atoms with Gasteiger partial charge in [0.25, 0.3) is 0 Å². The molecular weight excluding hydrogens is 286 g/mol. The van der Waals surface area contributed by atoms with E-state index in [4.69, 9.17) is 4.74 Å². The van der Waals surface area contributed by atoms with E-state index in [2.05, 4.69) is 23.8 Å². The van der Waals surface area contributed by atoms with Crippen LogP contribution < -0.4 is 9.47 Å². The number of benzene rings is 2. The molecule has 0 amide bonds. The van der Waals surface area contributed by atoms with E-state index in [0.29, 0.717) is 0 Å². The third-order valence-corrected chi connectivity index (χ3v) is 3.25. The Morgan fingerprint density at radius 3 is 1.77 bits per heavy atom. The van der Waals surface area contributed by atoms with E-state index in [1.165, 1.54) is 5.56 Å². The Bertz CT molecular complexity index is 550. The summed E-state index contributed by atoms with van der Waals surface area (Å²) in [6.07, 6.45) is 2.74. The quantitative estimate of drug-likeness (QED) is 0.693. The molecule has 22 heavy (non-hydrogen) atoms. The van der Waals surface area contributed by atoms with Gasteiger partial charge >= 0.3 is 6.61 Å². The smallest absolute Gasteiger partial charge is 0.387 e. The average molecular weight is 306 g/mol. The van der Waals surface area contributed by atoms with E-state index < -0.39 is 6.61 Å². The van der Waals surface area contributed by atoms with Crippen molar-refractivity contribution in [3.8, 4) is 11.5 Å². The van der Waals surface area contributed by atoms with Crippen molar-refractivity contribution < 1.29 is 18.3 Å². The first-order chi connectivity index (χ1) is 10.7. The van der Waals surface area contributed by atoms with E-state index in [9.17, 15) is 8.78 Å². The zero-order valence-electron chi connectivity index (χ0n) is 12.6. The van der Waals surface area contributed by atoms with Crippen LogP contribution in [0.2, 0.25) is 0 Å². The largest absolute Gasteiger partial charge is 0.494 e. The fourth-order valence-corrected chi connectivity index (χ4v) is 2.10. The van der Waals surface area contributed by atoms with Gasteiger partial charge < -0.3 is 9.47 Å². The van der Waals surface area contributed by atoms with Gasteiger partial charge in [-0.3, -0.25) is 0 Å². The van der Waals surface area contributed by atoms with Gasteiger partial charge in [-0.05, 0) is 54.7 Å². The van der Waals surface area contributed by atoms with Crippen LogP contribution in [0.4, 0.5) is 8.78 Å². The third kappa shape index (κ3) is 5.35. The first-order valence-electron chi connectivity index (χ1n) is 7.43. The molecule has 0 unspecified atom stereocenters. The van der Waals surface area contributed by atoms with Crippen molar-refractivity contribution in [3.63, 3.8) is 0 Å². The Kier molecular flexibility index (Phi) is 6.19. The van der Waals surface area contributed by atoms with Crippen LogP contribution in [0, 0.1) is 0 Å². The fourth-order valence-electron chi connectivity index (χ4n) is 2.10. The zero-order chi connectivity index (χ0) is 15.8. The molecule has 118 valence electrons. The minimum Gasteiger partial charge on any atom is -0.494 e. The Morgan fingerprint density at radius 2 is 1.32 bits per heavy atom. The summed E-state index contributed by atoms with van der Waals surface area (Å²) in [7, 11) is 0. The lowest BCUT2D eigenvalue weighted by molar-refractivity contribution is -0.0498. The van der Waals surface area contributed by atoms with Gasteiger partial charge in [-0.1, -0.05) is 31.2 Å². The number of hydrogen-bond donors (Lipinski definition) is 0. The Hall–Kier alpha value is -2.10. The summed E-state index contributed by atoms with van der Waals surface area (Å²) in [5.41, 5.74) is 2.31. The van der Waals surface area contributed by atoms with Crippen LogP contribution in [0.15, 0.2) is 48.5 Å². The van der Waals surface area contributed by atoms with Crippen LogP contribution in [-0.2, 0) is 12.8 Å². The van der Waals surface area contributed by atoms with Gasteiger partial charge in [0.1, 0.15) is 11.5 Å². The van der Waals surface area contributed by atoms with Gasteiger partial charge in [-0.15, -0.1) is 0 Å². The molecular formula is C18H20F2O2. The van der Waals surface area contributed by atoms with Gasteiger partial charge in [-0.2, -0.15) is 8.78 Å². The number of halogens is 2. The van der Waals surface area contributed by atoms with Gasteiger partial charge in [0, 0.05) is 0 Å². The van der Waals surface area contributed by atoms with Crippen molar-refractivity contribution in [2.75, 3.05) is 6.61 Å². The molecule has 0 saturated carbocycles. The molecule has 2 aromatic rings. The van der Waals surface area contributed by atoms with Crippen molar-refractivity contribution in [1.82, 2.24) is 0 Å². The second kappa shape index (κ2) is 8.37. The van der Waals surface area contributed by atoms with E-state index in [-0.39, 0.29) is 5.75 Å². The molecule has 0 saturated heterocycles. The summed E-state index contributed by atoms with van der Waals surface area (Å²) in [4.78, 5) is 0. The van der Waals surface area contributed by atoms with Gasteiger partial charge in [-0.25, -0.2) is 0 Å². The molecule has 0 radical (unpaired) electrons. The number of rotatable bonds is 8. The summed E-state index contributed by atoms with van der Waals surface area (Å²) in [5, 5.41) is 0. The molecule has 0 aliphatic rings. The van der Waals surface area contributed by atoms with Crippen molar-refractivity contribution in [1.29, 1.82) is 0 Å². The highest BCUT2D eigenvalue weighted by atomic mass is 19.3. The lowest BCUT2D eigenvalue weighted by Crippen LogP contribution is -2.01. The van der Waals surface area contributed by atoms with Crippen LogP contribution >= 0.6 is 0 Å². The van der Waals surface area contributed by atoms with Gasteiger partial charge in [0.15, 0.2) is 0 Å². The summed E-state index contributed by atoms with van der Waals surface area (Å²) < 4.78 is 34.0. The maximum atomic E-state index is 12.1. The molecule has 0 heterocycles. The Labute approximate surface area is 129 Å². The molecule has 4 heteroatoms. The molecule has 2 aromatic carbocycles. The average Bonchev–Trinajstić information content (AvgIpc) is 2.53. The maximum Gasteiger partial charge on any atom is 0.387 e. The molecule has 0 N–H and O–H groups in total. The molecule has 0 fully saturated rings. The van der Waals surface area contributed by atoms with Crippen molar-refractivity contribution in [3.05, 3.63) is 59.7 Å². The topological polar surface area (TPSA) is 18.5 Å². The van der Waals surface area contributed by atoms with Crippen LogP contribution in [0.5, 0.6) is 11.5 Å². The van der Waals surface area contributed by atoms with Crippen molar-refractivity contribution in [2.24, 2.45) is 0 Å². The standard InChI is InChI=1S/C18H20F2O2/c1-2-13-21-16-9-5-14(6-10-16)3-4-15-7-11-17(12-8-15)22-18(19)20/h5-12,18H,2-4,13H2,1H3. The summed E-state index contributed by atoms with van der Waals surface area (Å²) in [5.74, 6) is 1.08. The molecule has 0 atom stereocenters. The third-order valence-electron chi connectivity index (χ3n) is 3.25. The highest BCUT2D eigenvalue weighted by Crippen LogP contribution is 2.17. The second-order valence-corrected chi connectivity index (χ2v) is 5.01. The molecule has 0 spiro atoms. The number of hydrogen-bond acceptors (Lipinski definition) is 2. The van der Waals surface area contributed by atoms with Crippen molar-refractivity contribution >= 4 is 0 Å². The van der Waals surface area contributed by atoms with Gasteiger partial charge in [0.2, 0.25) is 0 Å². The van der Waals surface area contributed by atoms with E-state index in [1.54, 1.807) is 12.1 Å². The number of alkyl halides is 2. The van der Waals surface area contributed by atoms with E-state index in [0.717, 1.165) is 37.2 Å². The minimum atomic E-state index is -2.78. The van der Waals surface area contributed by atoms with Crippen LogP contribution in [0.25, 0.3) is 0 Å². The highest BCUT2D eigenvalue weighted by Gasteiger charge is 2.04. The first-order valence-corrected chi connectivity index (χ1v) is 7.43. The highest BCUT2D eigenvalue weighted by molar-refractivity contribution is 5.30. The first kappa shape index (κ1) is 16.3. The van der Waals surface area contributed by atoms with E-state index in [1.807, 2.05) is 24.3 Å². The lowest BCUT2D eigenvalue weighted by atomic mass is 10.0. The summed E-state index contributed by atoms with van der Waals surface area (Å²) >= 11 is 0. The molecule has 2 nitrogen and oxygen atoms in total. The Morgan fingerprint density at radius 1 is 0.818 bits per heavy atom. The molecule has 0 aromatic heterocycles. The number of ether oxygens (including phenoxy) is 2. The predicted molar refractivity (Wildman–Crippen MR) is 82.7 cm³/mol. The lowest BCUT2D eigenvalue weighted by Gasteiger charge is -2.07. The fraction of sp³-hybridized carbons (Fsp3) is 0.333. The van der Waals surface area contributed by atoms with Gasteiger partial charge in [0.05, 0.1) is 6.61 Å². The number of aryl methyl sites for hydroxylation is 2. The zero-order valence-corrected chi connectivity index (χ0v) is 12.6. The molecule has 0 aliphatic heterocycles. The van der Waals surface area contributed by atoms with Crippen LogP contribution in [0.1, 0.15) is 24.5 Å². The summed E-state index contributed by atoms with van der Waals surface area (Å²) in [6, 6.07) is 14.8. The molecule has 0 bridgehead atoms. The summed E-state index contributed by atoms with van der Waals surface area (Å²) in [6.45, 7) is 0.0255. The van der Waals surface area contributed by atoms with Crippen LogP contribution in [0.3, 0.4) is 0 Å². The van der Waals surface area contributed by atoms with Crippen LogP contribution in [-0.4, -0.2) is 13.2 Å². The molecule has 2 rings (SSSR count). The van der Waals surface area contributed by atoms with E-state index >= 15 is 0 Å². The monoisotopic (exact) mass is 306 g/mol. The Balaban J connectivity index is 1.84.